The van der Waals surface area contributed by atoms with Crippen LogP contribution in [0.25, 0.3) is 11.1 Å². The Morgan fingerprint density at radius 2 is 1.39 bits per heavy atom. The standard InChI is InChI=1S/C26H28N2O5/c1-17(21-14-22(31-2)25(33-4)23(15-21)32-3)28-24(29)16-27-26(30)20-12-10-19(11-13-20)18-8-6-5-7-9-18/h5-15,17H,16H2,1-4H3,(H,27,30)(H,28,29). The topological polar surface area (TPSA) is 85.9 Å². The second-order valence-electron chi connectivity index (χ2n) is 7.37. The van der Waals surface area contributed by atoms with Gasteiger partial charge < -0.3 is 24.8 Å². The predicted molar refractivity (Wildman–Crippen MR) is 127 cm³/mol. The molecule has 0 heterocycles. The second kappa shape index (κ2) is 11.0. The summed E-state index contributed by atoms with van der Waals surface area (Å²) in [5.41, 5.74) is 3.36. The Morgan fingerprint density at radius 3 is 1.94 bits per heavy atom. The van der Waals surface area contributed by atoms with Crippen molar-refractivity contribution in [3.63, 3.8) is 0 Å². The third-order valence-corrected chi connectivity index (χ3v) is 5.23. The number of benzene rings is 3. The third kappa shape index (κ3) is 5.83. The molecule has 7 nitrogen and oxygen atoms in total. The van der Waals surface area contributed by atoms with Crippen molar-refractivity contribution in [1.29, 1.82) is 0 Å². The van der Waals surface area contributed by atoms with Crippen LogP contribution in [0.1, 0.15) is 28.9 Å². The van der Waals surface area contributed by atoms with E-state index in [4.69, 9.17) is 14.2 Å². The largest absolute Gasteiger partial charge is 0.493 e. The second-order valence-corrected chi connectivity index (χ2v) is 7.37. The van der Waals surface area contributed by atoms with Gasteiger partial charge in [-0.05, 0) is 47.9 Å². The van der Waals surface area contributed by atoms with Crippen LogP contribution in [-0.4, -0.2) is 39.7 Å². The highest BCUT2D eigenvalue weighted by atomic mass is 16.5. The quantitative estimate of drug-likeness (QED) is 0.517. The first-order chi connectivity index (χ1) is 16.0. The molecular formula is C26H28N2O5. The zero-order valence-corrected chi connectivity index (χ0v) is 19.2. The third-order valence-electron chi connectivity index (χ3n) is 5.23. The van der Waals surface area contributed by atoms with Crippen LogP contribution < -0.4 is 24.8 Å². The number of hydrogen-bond donors (Lipinski definition) is 2. The van der Waals surface area contributed by atoms with E-state index < -0.39 is 0 Å². The molecule has 3 aromatic rings. The van der Waals surface area contributed by atoms with Crippen molar-refractivity contribution in [2.45, 2.75) is 13.0 Å². The maximum atomic E-state index is 12.5. The smallest absolute Gasteiger partial charge is 0.251 e. The molecule has 0 saturated heterocycles. The number of amides is 2. The molecule has 7 heteroatoms. The van der Waals surface area contributed by atoms with Crippen LogP contribution in [0.5, 0.6) is 17.2 Å². The molecule has 2 amide bonds. The molecule has 0 aliphatic heterocycles. The van der Waals surface area contributed by atoms with E-state index in [0.717, 1.165) is 16.7 Å². The predicted octanol–water partition coefficient (Wildman–Crippen LogP) is 3.99. The van der Waals surface area contributed by atoms with Crippen molar-refractivity contribution in [3.8, 4) is 28.4 Å². The SMILES string of the molecule is COc1cc(C(C)NC(=O)CNC(=O)c2ccc(-c3ccccc3)cc2)cc(OC)c1OC. The lowest BCUT2D eigenvalue weighted by Crippen LogP contribution is -2.38. The van der Waals surface area contributed by atoms with Gasteiger partial charge >= 0.3 is 0 Å². The van der Waals surface area contributed by atoms with Crippen LogP contribution in [0.2, 0.25) is 0 Å². The number of methoxy groups -OCH3 is 3. The number of carbonyl (C=O) groups is 2. The summed E-state index contributed by atoms with van der Waals surface area (Å²) in [5.74, 6) is 0.851. The number of rotatable bonds is 9. The monoisotopic (exact) mass is 448 g/mol. The summed E-state index contributed by atoms with van der Waals surface area (Å²) in [7, 11) is 4.60. The summed E-state index contributed by atoms with van der Waals surface area (Å²) in [6.45, 7) is 1.69. The van der Waals surface area contributed by atoms with Crippen LogP contribution in [0, 0.1) is 0 Å². The summed E-state index contributed by atoms with van der Waals surface area (Å²) < 4.78 is 16.1. The number of ether oxygens (including phenoxy) is 3. The maximum Gasteiger partial charge on any atom is 0.251 e. The minimum absolute atomic E-state index is 0.145. The van der Waals surface area contributed by atoms with Gasteiger partial charge in [0.15, 0.2) is 11.5 Å². The zero-order valence-electron chi connectivity index (χ0n) is 19.2. The highest BCUT2D eigenvalue weighted by molar-refractivity contribution is 5.96. The van der Waals surface area contributed by atoms with Crippen LogP contribution in [0.3, 0.4) is 0 Å². The molecule has 172 valence electrons. The Kier molecular flexibility index (Phi) is 7.91. The van der Waals surface area contributed by atoms with E-state index in [1.54, 1.807) is 24.3 Å². The van der Waals surface area contributed by atoms with Crippen LogP contribution in [-0.2, 0) is 4.79 Å². The average molecular weight is 449 g/mol. The Balaban J connectivity index is 1.58. The number of nitrogens with one attached hydrogen (secondary N) is 2. The van der Waals surface area contributed by atoms with Gasteiger partial charge in [0.2, 0.25) is 11.7 Å². The van der Waals surface area contributed by atoms with E-state index in [9.17, 15) is 9.59 Å². The molecule has 0 aliphatic rings. The molecule has 1 unspecified atom stereocenters. The molecule has 0 aromatic heterocycles. The molecule has 0 bridgehead atoms. The van der Waals surface area contributed by atoms with E-state index in [0.29, 0.717) is 22.8 Å². The Hall–Kier alpha value is -4.00. The lowest BCUT2D eigenvalue weighted by Gasteiger charge is -2.19. The van der Waals surface area contributed by atoms with E-state index >= 15 is 0 Å². The van der Waals surface area contributed by atoms with E-state index in [1.165, 1.54) is 21.3 Å². The summed E-state index contributed by atoms with van der Waals surface area (Å²) in [4.78, 5) is 24.9. The lowest BCUT2D eigenvalue weighted by atomic mass is 10.0. The molecule has 0 aliphatic carbocycles. The van der Waals surface area contributed by atoms with Crippen molar-refractivity contribution in [2.75, 3.05) is 27.9 Å². The van der Waals surface area contributed by atoms with Gasteiger partial charge in [0.1, 0.15) is 0 Å². The fraction of sp³-hybridized carbons (Fsp3) is 0.231. The molecule has 0 radical (unpaired) electrons. The van der Waals surface area contributed by atoms with Gasteiger partial charge in [0.05, 0.1) is 33.9 Å². The van der Waals surface area contributed by atoms with Gasteiger partial charge in [-0.25, -0.2) is 0 Å². The van der Waals surface area contributed by atoms with Gasteiger partial charge in [0.25, 0.3) is 5.91 Å². The van der Waals surface area contributed by atoms with Crippen LogP contribution in [0.15, 0.2) is 66.7 Å². The molecule has 2 N–H and O–H groups in total. The minimum Gasteiger partial charge on any atom is -0.493 e. The first-order valence-electron chi connectivity index (χ1n) is 10.5. The number of carbonyl (C=O) groups excluding carboxylic acids is 2. The van der Waals surface area contributed by atoms with Crippen LogP contribution >= 0.6 is 0 Å². The van der Waals surface area contributed by atoms with E-state index in [2.05, 4.69) is 10.6 Å². The Bertz CT molecular complexity index is 1070. The normalized spacial score (nSPS) is 11.3. The zero-order chi connectivity index (χ0) is 23.8. The van der Waals surface area contributed by atoms with E-state index in [-0.39, 0.29) is 24.4 Å². The molecule has 0 saturated carbocycles. The van der Waals surface area contributed by atoms with Crippen molar-refractivity contribution in [1.82, 2.24) is 10.6 Å². The first kappa shape index (κ1) is 23.7. The number of hydrogen-bond acceptors (Lipinski definition) is 5. The summed E-state index contributed by atoms with van der Waals surface area (Å²) in [6, 6.07) is 20.4. The highest BCUT2D eigenvalue weighted by Gasteiger charge is 2.18. The fourth-order valence-corrected chi connectivity index (χ4v) is 3.43. The molecule has 3 rings (SSSR count). The lowest BCUT2D eigenvalue weighted by molar-refractivity contribution is -0.120. The van der Waals surface area contributed by atoms with Crippen molar-refractivity contribution >= 4 is 11.8 Å². The molecule has 0 fully saturated rings. The van der Waals surface area contributed by atoms with Gasteiger partial charge in [0, 0.05) is 5.56 Å². The Labute approximate surface area is 193 Å². The molecule has 1 atom stereocenters. The summed E-state index contributed by atoms with van der Waals surface area (Å²) in [6.07, 6.45) is 0. The maximum absolute atomic E-state index is 12.5. The molecule has 0 spiro atoms. The molecule has 33 heavy (non-hydrogen) atoms. The van der Waals surface area contributed by atoms with Gasteiger partial charge in [-0.15, -0.1) is 0 Å². The van der Waals surface area contributed by atoms with Crippen LogP contribution in [0.4, 0.5) is 0 Å². The van der Waals surface area contributed by atoms with Gasteiger partial charge in [-0.3, -0.25) is 9.59 Å². The minimum atomic E-state index is -0.340. The molecule has 3 aromatic carbocycles. The fourth-order valence-electron chi connectivity index (χ4n) is 3.43. The summed E-state index contributed by atoms with van der Waals surface area (Å²) >= 11 is 0. The Morgan fingerprint density at radius 1 is 0.818 bits per heavy atom. The van der Waals surface area contributed by atoms with Gasteiger partial charge in [-0.2, -0.15) is 0 Å². The highest BCUT2D eigenvalue weighted by Crippen LogP contribution is 2.39. The van der Waals surface area contributed by atoms with Crippen molar-refractivity contribution in [2.24, 2.45) is 0 Å². The molecular weight excluding hydrogens is 420 g/mol. The van der Waals surface area contributed by atoms with Crippen molar-refractivity contribution < 1.29 is 23.8 Å². The summed E-state index contributed by atoms with van der Waals surface area (Å²) in [5, 5.41) is 5.53. The average Bonchev–Trinajstić information content (AvgIpc) is 2.86. The first-order valence-corrected chi connectivity index (χ1v) is 10.5. The van der Waals surface area contributed by atoms with Crippen molar-refractivity contribution in [3.05, 3.63) is 77.9 Å². The van der Waals surface area contributed by atoms with E-state index in [1.807, 2.05) is 49.4 Å². The van der Waals surface area contributed by atoms with Gasteiger partial charge in [-0.1, -0.05) is 42.5 Å².